The van der Waals surface area contributed by atoms with Gasteiger partial charge in [0.2, 0.25) is 0 Å². The van der Waals surface area contributed by atoms with Gasteiger partial charge in [0.25, 0.3) is 0 Å². The van der Waals surface area contributed by atoms with Crippen LogP contribution in [0.25, 0.3) is 0 Å². The molecule has 1 aromatic rings. The Morgan fingerprint density at radius 2 is 2.18 bits per heavy atom. The second-order valence-corrected chi connectivity index (χ2v) is 5.48. The summed E-state index contributed by atoms with van der Waals surface area (Å²) in [6.07, 6.45) is 1.61. The lowest BCUT2D eigenvalue weighted by Gasteiger charge is -2.36. The summed E-state index contributed by atoms with van der Waals surface area (Å²) in [5.74, 6) is 0.903. The maximum Gasteiger partial charge on any atom is 0.194 e. The van der Waals surface area contributed by atoms with Gasteiger partial charge in [0.05, 0.1) is 12.2 Å². The molecule has 2 heterocycles. The zero-order valence-electron chi connectivity index (χ0n) is 12.8. The molecule has 0 bridgehead atoms. The lowest BCUT2D eigenvalue weighted by Crippen LogP contribution is -2.52. The Bertz CT molecular complexity index is 472. The first-order valence-electron chi connectivity index (χ1n) is 7.17. The van der Waals surface area contributed by atoms with Gasteiger partial charge in [-0.25, -0.2) is 4.99 Å². The van der Waals surface area contributed by atoms with E-state index in [-0.39, 0.29) is 24.0 Å². The van der Waals surface area contributed by atoms with Gasteiger partial charge in [-0.1, -0.05) is 23.3 Å². The van der Waals surface area contributed by atoms with E-state index in [9.17, 15) is 0 Å². The van der Waals surface area contributed by atoms with Crippen molar-refractivity contribution >= 4 is 41.5 Å². The monoisotopic (exact) mass is 439 g/mol. The molecule has 124 valence electrons. The number of piperazine rings is 1. The summed E-state index contributed by atoms with van der Waals surface area (Å²) in [6.45, 7) is 11.7. The molecule has 1 N–H and O–H groups in total. The van der Waals surface area contributed by atoms with Crippen molar-refractivity contribution in [2.75, 3.05) is 39.3 Å². The van der Waals surface area contributed by atoms with Crippen molar-refractivity contribution in [3.63, 3.8) is 0 Å². The molecule has 1 aliphatic rings. The summed E-state index contributed by atoms with van der Waals surface area (Å²) >= 11 is 5.79. The van der Waals surface area contributed by atoms with E-state index in [1.54, 1.807) is 6.26 Å². The van der Waals surface area contributed by atoms with Crippen LogP contribution in [-0.2, 0) is 6.54 Å². The molecule has 0 saturated carbocycles. The minimum absolute atomic E-state index is 0. The summed E-state index contributed by atoms with van der Waals surface area (Å²) in [5.41, 5.74) is 0.975. The van der Waals surface area contributed by atoms with Crippen molar-refractivity contribution < 1.29 is 4.52 Å². The predicted octanol–water partition coefficient (Wildman–Crippen LogP) is 2.13. The molecule has 0 radical (unpaired) electrons. The Hall–Kier alpha value is -0.800. The zero-order valence-corrected chi connectivity index (χ0v) is 15.9. The summed E-state index contributed by atoms with van der Waals surface area (Å²) in [6, 6.07) is 1.91. The molecule has 0 aromatic carbocycles. The lowest BCUT2D eigenvalue weighted by atomic mass is 10.3. The number of nitrogens with zero attached hydrogens (tertiary/aromatic N) is 4. The molecule has 2 rings (SSSR count). The van der Waals surface area contributed by atoms with E-state index in [0.29, 0.717) is 11.6 Å². The van der Waals surface area contributed by atoms with Crippen LogP contribution < -0.4 is 5.32 Å². The van der Waals surface area contributed by atoms with Gasteiger partial charge in [0.1, 0.15) is 6.26 Å². The number of aliphatic imine (C=N–C) groups is 1. The fourth-order valence-corrected chi connectivity index (χ4v) is 2.31. The molecule has 0 unspecified atom stereocenters. The number of guanidine groups is 1. The Labute approximate surface area is 153 Å². The summed E-state index contributed by atoms with van der Waals surface area (Å²) < 4.78 is 4.86. The maximum atomic E-state index is 5.79. The first-order chi connectivity index (χ1) is 10.2. The number of aromatic nitrogens is 1. The van der Waals surface area contributed by atoms with E-state index in [1.807, 2.05) is 6.07 Å². The van der Waals surface area contributed by atoms with Gasteiger partial charge in [0.15, 0.2) is 5.96 Å². The Morgan fingerprint density at radius 1 is 1.45 bits per heavy atom. The fourth-order valence-electron chi connectivity index (χ4n) is 2.25. The standard InChI is InChI=1S/C14H22ClN5O.HI/c1-3-16-14(17-10-12(2)15)20-7-5-19(6-8-20)11-13-4-9-21-18-13;/h4,9H,2-3,5-8,10-11H2,1H3,(H,16,17);1H. The van der Waals surface area contributed by atoms with Crippen LogP contribution in [0.3, 0.4) is 0 Å². The zero-order chi connectivity index (χ0) is 15.1. The summed E-state index contributed by atoms with van der Waals surface area (Å²) in [7, 11) is 0. The summed E-state index contributed by atoms with van der Waals surface area (Å²) in [5, 5.41) is 7.80. The summed E-state index contributed by atoms with van der Waals surface area (Å²) in [4.78, 5) is 9.10. The smallest absolute Gasteiger partial charge is 0.194 e. The van der Waals surface area contributed by atoms with Crippen molar-refractivity contribution in [1.29, 1.82) is 0 Å². The third-order valence-electron chi connectivity index (χ3n) is 3.28. The van der Waals surface area contributed by atoms with E-state index >= 15 is 0 Å². The predicted molar refractivity (Wildman–Crippen MR) is 99.7 cm³/mol. The van der Waals surface area contributed by atoms with Crippen LogP contribution in [0, 0.1) is 0 Å². The minimum Gasteiger partial charge on any atom is -0.364 e. The van der Waals surface area contributed by atoms with Crippen LogP contribution >= 0.6 is 35.6 Å². The van der Waals surface area contributed by atoms with Gasteiger partial charge in [-0.3, -0.25) is 4.90 Å². The highest BCUT2D eigenvalue weighted by Gasteiger charge is 2.20. The van der Waals surface area contributed by atoms with Gasteiger partial charge >= 0.3 is 0 Å². The molecule has 0 atom stereocenters. The van der Waals surface area contributed by atoms with Crippen molar-refractivity contribution in [2.45, 2.75) is 13.5 Å². The molecular formula is C14H23ClIN5O. The molecule has 1 aliphatic heterocycles. The number of rotatable bonds is 5. The van der Waals surface area contributed by atoms with Gasteiger partial charge in [0, 0.05) is 50.4 Å². The number of hydrogen-bond acceptors (Lipinski definition) is 4. The van der Waals surface area contributed by atoms with Crippen LogP contribution in [0.1, 0.15) is 12.6 Å². The van der Waals surface area contributed by atoms with Gasteiger partial charge in [-0.05, 0) is 6.92 Å². The van der Waals surface area contributed by atoms with Crippen molar-refractivity contribution in [1.82, 2.24) is 20.3 Å². The maximum absolute atomic E-state index is 5.79. The van der Waals surface area contributed by atoms with Crippen LogP contribution in [0.4, 0.5) is 0 Å². The van der Waals surface area contributed by atoms with Crippen molar-refractivity contribution in [3.8, 4) is 0 Å². The third kappa shape index (κ3) is 6.13. The number of halogens is 2. The van der Waals surface area contributed by atoms with Crippen molar-refractivity contribution in [2.24, 2.45) is 4.99 Å². The molecule has 0 spiro atoms. The van der Waals surface area contributed by atoms with Crippen LogP contribution in [0.5, 0.6) is 0 Å². The average molecular weight is 440 g/mol. The molecule has 1 saturated heterocycles. The quantitative estimate of drug-likeness (QED) is 0.433. The van der Waals surface area contributed by atoms with Gasteiger partial charge in [-0.15, -0.1) is 24.0 Å². The van der Waals surface area contributed by atoms with Gasteiger partial charge < -0.3 is 14.7 Å². The first-order valence-corrected chi connectivity index (χ1v) is 7.55. The highest BCUT2D eigenvalue weighted by molar-refractivity contribution is 14.0. The first kappa shape index (κ1) is 19.2. The fraction of sp³-hybridized carbons (Fsp3) is 0.571. The Morgan fingerprint density at radius 3 is 2.73 bits per heavy atom. The molecule has 8 heteroatoms. The molecule has 0 amide bonds. The lowest BCUT2D eigenvalue weighted by molar-refractivity contribution is 0.169. The Kier molecular flexibility index (Phi) is 8.81. The third-order valence-corrected chi connectivity index (χ3v) is 3.40. The highest BCUT2D eigenvalue weighted by Crippen LogP contribution is 2.08. The number of nitrogens with one attached hydrogen (secondary N) is 1. The molecule has 22 heavy (non-hydrogen) atoms. The molecule has 1 aromatic heterocycles. The minimum atomic E-state index is 0. The molecule has 6 nitrogen and oxygen atoms in total. The second kappa shape index (κ2) is 10.1. The van der Waals surface area contributed by atoms with E-state index in [4.69, 9.17) is 16.1 Å². The second-order valence-electron chi connectivity index (χ2n) is 4.94. The van der Waals surface area contributed by atoms with Crippen LogP contribution in [-0.4, -0.2) is 60.2 Å². The van der Waals surface area contributed by atoms with Crippen LogP contribution in [0.2, 0.25) is 0 Å². The topological polar surface area (TPSA) is 56.9 Å². The number of hydrogen-bond donors (Lipinski definition) is 1. The van der Waals surface area contributed by atoms with E-state index in [0.717, 1.165) is 50.9 Å². The van der Waals surface area contributed by atoms with Crippen LogP contribution in [0.15, 0.2) is 33.5 Å². The van der Waals surface area contributed by atoms with E-state index in [2.05, 4.69) is 38.8 Å². The normalized spacial score (nSPS) is 16.3. The SMILES string of the molecule is C=C(Cl)CN=C(NCC)N1CCN(Cc2ccon2)CC1.I. The van der Waals surface area contributed by atoms with Gasteiger partial charge in [-0.2, -0.15) is 0 Å². The van der Waals surface area contributed by atoms with E-state index in [1.165, 1.54) is 0 Å². The molecular weight excluding hydrogens is 417 g/mol. The highest BCUT2D eigenvalue weighted by atomic mass is 127. The Balaban J connectivity index is 0.00000242. The molecule has 0 aliphatic carbocycles. The average Bonchev–Trinajstić information content (AvgIpc) is 2.97. The van der Waals surface area contributed by atoms with E-state index < -0.39 is 0 Å². The largest absolute Gasteiger partial charge is 0.364 e. The molecule has 1 fully saturated rings. The van der Waals surface area contributed by atoms with Crippen molar-refractivity contribution in [3.05, 3.63) is 29.6 Å².